The maximum atomic E-state index is 15.8. The number of nitrogens with one attached hydrogen (secondary N) is 12. The standard InChI is InChI=1S/C94H148N20O14/c1-55(2)39-71-85(121)101-65(23-11-31-95)81(117)109-73(47-57-19-7-5-8-20-57)91(127)113-37-17-29-75(113)87(123)104-70(28-16-36-100)84(120)112-78(94-52-62-44-63(53-94)46-64(45-62)54-94)90(126)106-68(26-14-34-98)80(116)108-72(40-56(3)4)86(122)102-66(24-12-32-96)82(118)110-74(48-58-21-9-6-10-22-58)92(128)114-38-18-30-76(114)88(124)103-69(27-15-35-99)83(119)111-77(89(125)105-67(25-13-33-97)79(115)107-71)93-49-59-41-60(50-93)43-61(42-59)51-93/h5-10,19-22,55-56,59-78H,11-18,23-54,95-100H2,1-4H3,(H,101,121)(H,102,122)(H,103,124)(H,104,123)(H,105,125)(H,106,126)(H,107,115)(H,108,116)(H,109,117)(H,110,118)(H,111,119)(H,112,120)/t59?,60?,61?,62?,63?,64?,65-,66-,67-,68-,69-,70-,71-,72-,73+,74+,75-,76-,77+,78+,93?,94?/m0/s1. The predicted molar refractivity (Wildman–Crippen MR) is 483 cm³/mol. The Kier molecular flexibility index (Phi) is 36.5. The number of amides is 14. The summed E-state index contributed by atoms with van der Waals surface area (Å²) in [6.07, 6.45) is 12.1. The van der Waals surface area contributed by atoms with Crippen molar-refractivity contribution < 1.29 is 67.1 Å². The highest BCUT2D eigenvalue weighted by atomic mass is 16.2. The molecule has 11 fully saturated rings. The first-order valence-corrected chi connectivity index (χ1v) is 48.0. The summed E-state index contributed by atoms with van der Waals surface area (Å²) in [6, 6.07) is -0.0295. The molecule has 128 heavy (non-hydrogen) atoms. The molecule has 14 amide bonds. The molecular weight excluding hydrogens is 1630 g/mol. The first-order valence-electron chi connectivity index (χ1n) is 48.0. The molecule has 2 aromatic carbocycles. The summed E-state index contributed by atoms with van der Waals surface area (Å²) < 4.78 is 0. The lowest BCUT2D eigenvalue weighted by Crippen LogP contribution is -2.66. The van der Waals surface area contributed by atoms with Gasteiger partial charge in [0.15, 0.2) is 0 Å². The van der Waals surface area contributed by atoms with E-state index in [2.05, 4.69) is 63.8 Å². The van der Waals surface area contributed by atoms with Gasteiger partial charge in [0.2, 0.25) is 82.7 Å². The second kappa shape index (κ2) is 47.0. The zero-order valence-corrected chi connectivity index (χ0v) is 75.8. The average molecular weight is 1780 g/mol. The average Bonchev–Trinajstić information content (AvgIpc) is 1.45. The predicted octanol–water partition coefficient (Wildman–Crippen LogP) is 1.24. The fourth-order valence-electron chi connectivity index (χ4n) is 23.3. The number of benzene rings is 2. The van der Waals surface area contributed by atoms with Gasteiger partial charge in [0.25, 0.3) is 0 Å². The molecule has 0 unspecified atom stereocenters. The fraction of sp³-hybridized carbons (Fsp3) is 0.723. The van der Waals surface area contributed by atoms with Crippen LogP contribution in [-0.4, -0.2) is 229 Å². The highest BCUT2D eigenvalue weighted by Crippen LogP contribution is 2.63. The lowest BCUT2D eigenvalue weighted by Gasteiger charge is -2.59. The van der Waals surface area contributed by atoms with Crippen molar-refractivity contribution in [2.75, 3.05) is 52.4 Å². The molecular formula is C94H148N20O14. The van der Waals surface area contributed by atoms with Crippen molar-refractivity contribution in [1.82, 2.24) is 73.6 Å². The Hall–Kier alpha value is -9.22. The minimum Gasteiger partial charge on any atom is -0.343 e. The van der Waals surface area contributed by atoms with Gasteiger partial charge in [0, 0.05) is 36.8 Å². The fourth-order valence-corrected chi connectivity index (χ4v) is 23.3. The Labute approximate surface area is 754 Å². The molecule has 8 aliphatic carbocycles. The lowest BCUT2D eigenvalue weighted by atomic mass is 9.47. The van der Waals surface area contributed by atoms with Gasteiger partial charge in [0.05, 0.1) is 0 Å². The van der Waals surface area contributed by atoms with Crippen LogP contribution >= 0.6 is 0 Å². The van der Waals surface area contributed by atoms with E-state index in [1.54, 1.807) is 60.7 Å². The van der Waals surface area contributed by atoms with Crippen LogP contribution in [0.4, 0.5) is 0 Å². The largest absolute Gasteiger partial charge is 0.343 e. The van der Waals surface area contributed by atoms with Crippen LogP contribution in [0.25, 0.3) is 0 Å². The molecule has 13 rings (SSSR count). The summed E-state index contributed by atoms with van der Waals surface area (Å²) in [5, 5.41) is 35.9. The van der Waals surface area contributed by atoms with E-state index < -0.39 is 178 Å². The van der Waals surface area contributed by atoms with Crippen LogP contribution in [-0.2, 0) is 80.0 Å². The van der Waals surface area contributed by atoms with Gasteiger partial charge < -0.3 is 108 Å². The van der Waals surface area contributed by atoms with Crippen LogP contribution < -0.4 is 98.2 Å². The molecule has 3 aliphatic heterocycles. The van der Waals surface area contributed by atoms with Gasteiger partial charge in [-0.1, -0.05) is 88.4 Å². The van der Waals surface area contributed by atoms with E-state index in [0.29, 0.717) is 62.5 Å². The van der Waals surface area contributed by atoms with Gasteiger partial charge >= 0.3 is 0 Å². The quantitative estimate of drug-likeness (QED) is 0.0570. The number of hydrogen-bond donors (Lipinski definition) is 18. The lowest BCUT2D eigenvalue weighted by molar-refractivity contribution is -0.145. The Morgan fingerprint density at radius 2 is 0.523 bits per heavy atom. The van der Waals surface area contributed by atoms with Crippen molar-refractivity contribution in [3.63, 3.8) is 0 Å². The third-order valence-corrected chi connectivity index (χ3v) is 28.6. The minimum absolute atomic E-state index is 0.00633. The van der Waals surface area contributed by atoms with Crippen molar-refractivity contribution in [3.05, 3.63) is 71.8 Å². The van der Waals surface area contributed by atoms with Crippen molar-refractivity contribution in [2.45, 2.75) is 318 Å². The monoisotopic (exact) mass is 1780 g/mol. The number of nitrogens with zero attached hydrogens (tertiary/aromatic N) is 2. The molecule has 8 saturated carbocycles. The third-order valence-electron chi connectivity index (χ3n) is 28.6. The molecule has 0 aromatic heterocycles. The highest BCUT2D eigenvalue weighted by Gasteiger charge is 2.59. The van der Waals surface area contributed by atoms with Gasteiger partial charge in [0.1, 0.15) is 84.6 Å². The first kappa shape index (κ1) is 99.4. The third kappa shape index (κ3) is 26.1. The zero-order chi connectivity index (χ0) is 91.9. The molecule has 3 saturated heterocycles. The van der Waals surface area contributed by atoms with Gasteiger partial charge in [-0.25, -0.2) is 0 Å². The van der Waals surface area contributed by atoms with E-state index in [1.807, 2.05) is 27.7 Å². The summed E-state index contributed by atoms with van der Waals surface area (Å²) in [5.41, 5.74) is 36.7. The number of nitrogens with two attached hydrogens (primary N) is 6. The van der Waals surface area contributed by atoms with Crippen molar-refractivity contribution >= 4 is 82.7 Å². The Morgan fingerprint density at radius 3 is 0.781 bits per heavy atom. The highest BCUT2D eigenvalue weighted by molar-refractivity contribution is 6.01. The molecule has 8 bridgehead atoms. The molecule has 2 aromatic rings. The van der Waals surface area contributed by atoms with Gasteiger partial charge in [-0.15, -0.1) is 0 Å². The number of carbonyl (C=O) groups excluding carboxylic acids is 14. The summed E-state index contributed by atoms with van der Waals surface area (Å²) in [7, 11) is 0. The van der Waals surface area contributed by atoms with Crippen molar-refractivity contribution in [2.24, 2.45) is 92.6 Å². The van der Waals surface area contributed by atoms with Crippen LogP contribution in [0.5, 0.6) is 0 Å². The maximum Gasteiger partial charge on any atom is 0.246 e. The molecule has 708 valence electrons. The van der Waals surface area contributed by atoms with Crippen LogP contribution in [0, 0.1) is 58.2 Å². The molecule has 24 N–H and O–H groups in total. The van der Waals surface area contributed by atoms with E-state index in [4.69, 9.17) is 34.4 Å². The van der Waals surface area contributed by atoms with Crippen LogP contribution in [0.15, 0.2) is 60.7 Å². The van der Waals surface area contributed by atoms with Crippen LogP contribution in [0.2, 0.25) is 0 Å². The van der Waals surface area contributed by atoms with Crippen LogP contribution in [0.3, 0.4) is 0 Å². The second-order valence-electron chi connectivity index (χ2n) is 39.7. The zero-order valence-electron chi connectivity index (χ0n) is 75.8. The maximum absolute atomic E-state index is 15.8. The molecule has 14 atom stereocenters. The van der Waals surface area contributed by atoms with E-state index in [-0.39, 0.29) is 215 Å². The minimum atomic E-state index is -1.34. The number of rotatable bonds is 28. The smallest absolute Gasteiger partial charge is 0.246 e. The number of carbonyl (C=O) groups is 14. The first-order chi connectivity index (χ1) is 61.5. The van der Waals surface area contributed by atoms with E-state index in [0.717, 1.165) is 38.5 Å². The van der Waals surface area contributed by atoms with Gasteiger partial charge in [-0.3, -0.25) is 67.1 Å². The van der Waals surface area contributed by atoms with Crippen LogP contribution in [0.1, 0.15) is 231 Å². The molecule has 0 radical (unpaired) electrons. The topological polar surface area (TPSA) is 546 Å². The molecule has 3 heterocycles. The van der Waals surface area contributed by atoms with Crippen molar-refractivity contribution in [3.8, 4) is 0 Å². The van der Waals surface area contributed by atoms with Gasteiger partial charge in [-0.05, 0) is 290 Å². The Bertz CT molecular complexity index is 3810. The van der Waals surface area contributed by atoms with E-state index >= 15 is 67.1 Å². The number of fused-ring (bicyclic) bond motifs is 2. The summed E-state index contributed by atoms with van der Waals surface area (Å²) in [5.74, 6) is -8.59. The molecule has 0 spiro atoms. The van der Waals surface area contributed by atoms with E-state index in [9.17, 15) is 0 Å². The Balaban J connectivity index is 0.951. The summed E-state index contributed by atoms with van der Waals surface area (Å²) >= 11 is 0. The molecule has 11 aliphatic rings. The Morgan fingerprint density at radius 1 is 0.297 bits per heavy atom. The van der Waals surface area contributed by atoms with E-state index in [1.165, 1.54) is 9.80 Å². The summed E-state index contributed by atoms with van der Waals surface area (Å²) in [6.45, 7) is 8.28. The summed E-state index contributed by atoms with van der Waals surface area (Å²) in [4.78, 5) is 218. The second-order valence-corrected chi connectivity index (χ2v) is 39.7. The SMILES string of the molecule is CC(C)C[C@@H]1NC(=O)[C@H](CCCN)NC(=O)[C@H](C23CC4CC(CC(C4)C2)C3)NC(=O)[C@H](CCCN)NC(=O)[C@@H]2CCCN2C(=O)[C@@H](Cc2ccccc2)NC(=O)[C@H](CCCN)NC(=O)[C@H](CC(C)C)NC(=O)[C@H](CCCN)NC(=O)[C@H](C23CC4CC(CC(C4)C2)C3)NC(=O)[C@H](CCCN)NC(=O)[C@@H]2CCCN2C(=O)[C@@H](Cc2ccccc2)NC(=O)[C@H](CCCN)NC1=O. The van der Waals surface area contributed by atoms with Gasteiger partial charge in [-0.2, -0.15) is 0 Å². The number of hydrogen-bond acceptors (Lipinski definition) is 20. The normalized spacial score (nSPS) is 33.1. The molecule has 34 heteroatoms. The molecule has 34 nitrogen and oxygen atoms in total. The van der Waals surface area contributed by atoms with Crippen molar-refractivity contribution in [1.29, 1.82) is 0 Å².